The second-order valence-electron chi connectivity index (χ2n) is 3.35. The van der Waals surface area contributed by atoms with Crippen LogP contribution in [0.4, 0.5) is 0 Å². The van der Waals surface area contributed by atoms with Crippen molar-refractivity contribution in [3.63, 3.8) is 0 Å². The number of halogens is 2. The van der Waals surface area contributed by atoms with Crippen molar-refractivity contribution < 1.29 is 5.11 Å². The maximum atomic E-state index is 10.4. The van der Waals surface area contributed by atoms with Crippen molar-refractivity contribution in [1.29, 1.82) is 0 Å². The molecular weight excluding hydrogens is 372 g/mol. The van der Waals surface area contributed by atoms with Gasteiger partial charge in [-0.25, -0.2) is 0 Å². The zero-order valence-corrected chi connectivity index (χ0v) is 13.3. The van der Waals surface area contributed by atoms with Gasteiger partial charge in [-0.2, -0.15) is 0 Å². The number of rotatable bonds is 3. The van der Waals surface area contributed by atoms with Crippen LogP contribution in [0.25, 0.3) is 0 Å². The predicted molar refractivity (Wildman–Crippen MR) is 77.5 cm³/mol. The van der Waals surface area contributed by atoms with Crippen molar-refractivity contribution in [3.8, 4) is 0 Å². The molecule has 86 valence electrons. The summed E-state index contributed by atoms with van der Waals surface area (Å²) in [5, 5.41) is 12.4. The van der Waals surface area contributed by atoms with Crippen molar-refractivity contribution in [2.24, 2.45) is 0 Å². The van der Waals surface area contributed by atoms with E-state index < -0.39 is 6.10 Å². The highest BCUT2D eigenvalue weighted by Gasteiger charge is 2.19. The van der Waals surface area contributed by atoms with E-state index in [4.69, 9.17) is 0 Å². The maximum Gasteiger partial charge on any atom is 0.115 e. The van der Waals surface area contributed by atoms with E-state index >= 15 is 0 Å². The van der Waals surface area contributed by atoms with Crippen LogP contribution >= 0.6 is 54.5 Å². The molecule has 0 aliphatic rings. The molecule has 16 heavy (non-hydrogen) atoms. The number of thiophene rings is 2. The summed E-state index contributed by atoms with van der Waals surface area (Å²) in [5.74, 6) is 0. The summed E-state index contributed by atoms with van der Waals surface area (Å²) >= 11 is 10.1. The topological polar surface area (TPSA) is 20.2 Å². The number of aliphatic hydroxyl groups excluding tert-OH is 1. The molecule has 2 rings (SSSR count). The highest BCUT2D eigenvalue weighted by atomic mass is 79.9. The summed E-state index contributed by atoms with van der Waals surface area (Å²) < 4.78 is 2.02. The predicted octanol–water partition coefficient (Wildman–Crippen LogP) is 4.98. The third-order valence-corrected chi connectivity index (χ3v) is 5.78. The minimum absolute atomic E-state index is 0.521. The Hall–Kier alpha value is 0.320. The summed E-state index contributed by atoms with van der Waals surface area (Å²) in [7, 11) is 0. The third kappa shape index (κ3) is 2.43. The lowest BCUT2D eigenvalue weighted by atomic mass is 10.1. The minimum Gasteiger partial charge on any atom is -0.383 e. The molecule has 2 aromatic rings. The van der Waals surface area contributed by atoms with Crippen LogP contribution in [0.15, 0.2) is 25.1 Å². The fourth-order valence-electron chi connectivity index (χ4n) is 1.56. The van der Waals surface area contributed by atoms with E-state index in [0.717, 1.165) is 24.4 Å². The van der Waals surface area contributed by atoms with E-state index in [9.17, 15) is 5.11 Å². The van der Waals surface area contributed by atoms with Crippen LogP contribution < -0.4 is 0 Å². The first-order valence-corrected chi connectivity index (χ1v) is 8.10. The van der Waals surface area contributed by atoms with Crippen LogP contribution in [0.3, 0.4) is 0 Å². The van der Waals surface area contributed by atoms with Gasteiger partial charge >= 0.3 is 0 Å². The van der Waals surface area contributed by atoms with Gasteiger partial charge in [0.25, 0.3) is 0 Å². The fourth-order valence-corrected chi connectivity index (χ4v) is 5.44. The van der Waals surface area contributed by atoms with Crippen molar-refractivity contribution in [3.05, 3.63) is 41.1 Å². The summed E-state index contributed by atoms with van der Waals surface area (Å²) in [6, 6.07) is 4.05. The smallest absolute Gasteiger partial charge is 0.115 e. The zero-order chi connectivity index (χ0) is 11.7. The lowest BCUT2D eigenvalue weighted by Gasteiger charge is -2.09. The molecule has 0 fully saturated rings. The van der Waals surface area contributed by atoms with Crippen LogP contribution in [0.2, 0.25) is 0 Å². The molecule has 0 bridgehead atoms. The molecule has 2 heterocycles. The molecule has 0 aromatic carbocycles. The van der Waals surface area contributed by atoms with Gasteiger partial charge in [0.1, 0.15) is 6.10 Å². The quantitative estimate of drug-likeness (QED) is 0.794. The SMILES string of the molecule is CCc1ccsc1C(O)c1cc(Br)sc1Br. The Morgan fingerprint density at radius 1 is 1.44 bits per heavy atom. The van der Waals surface area contributed by atoms with Gasteiger partial charge in [0.2, 0.25) is 0 Å². The highest BCUT2D eigenvalue weighted by Crippen LogP contribution is 2.39. The molecule has 0 amide bonds. The summed E-state index contributed by atoms with van der Waals surface area (Å²) in [6.07, 6.45) is 0.436. The Morgan fingerprint density at radius 2 is 2.19 bits per heavy atom. The molecule has 1 unspecified atom stereocenters. The van der Waals surface area contributed by atoms with Crippen molar-refractivity contribution >= 4 is 54.5 Å². The monoisotopic (exact) mass is 380 g/mol. The van der Waals surface area contributed by atoms with E-state index in [1.54, 1.807) is 22.7 Å². The lowest BCUT2D eigenvalue weighted by Crippen LogP contribution is -1.99. The first-order valence-electron chi connectivity index (χ1n) is 4.82. The molecule has 1 nitrogen and oxygen atoms in total. The Kier molecular flexibility index (Phi) is 4.24. The normalized spacial score (nSPS) is 13.0. The molecule has 0 saturated heterocycles. The molecule has 1 N–H and O–H groups in total. The molecule has 0 saturated carbocycles. The molecule has 0 spiro atoms. The molecule has 1 atom stereocenters. The summed E-state index contributed by atoms with van der Waals surface area (Å²) in [6.45, 7) is 2.11. The fraction of sp³-hybridized carbons (Fsp3) is 0.273. The molecule has 0 radical (unpaired) electrons. The molecule has 2 aromatic heterocycles. The van der Waals surface area contributed by atoms with E-state index in [2.05, 4.69) is 44.8 Å². The van der Waals surface area contributed by atoms with Crippen molar-refractivity contribution in [2.75, 3.05) is 0 Å². The third-order valence-electron chi connectivity index (χ3n) is 2.39. The van der Waals surface area contributed by atoms with Gasteiger partial charge in [-0.15, -0.1) is 22.7 Å². The number of hydrogen-bond donors (Lipinski definition) is 1. The van der Waals surface area contributed by atoms with Gasteiger partial charge in [0, 0.05) is 10.4 Å². The van der Waals surface area contributed by atoms with Crippen LogP contribution in [-0.4, -0.2) is 5.11 Å². The van der Waals surface area contributed by atoms with Crippen molar-refractivity contribution in [1.82, 2.24) is 0 Å². The number of hydrogen-bond acceptors (Lipinski definition) is 3. The number of aryl methyl sites for hydroxylation is 1. The van der Waals surface area contributed by atoms with Gasteiger partial charge < -0.3 is 5.11 Å². The molecule has 5 heteroatoms. The average molecular weight is 382 g/mol. The van der Waals surface area contributed by atoms with Gasteiger partial charge in [-0.1, -0.05) is 6.92 Å². The van der Waals surface area contributed by atoms with E-state index in [1.165, 1.54) is 5.56 Å². The molecule has 0 aliphatic heterocycles. The average Bonchev–Trinajstić information content (AvgIpc) is 2.83. The van der Waals surface area contributed by atoms with E-state index in [1.807, 2.05) is 11.4 Å². The van der Waals surface area contributed by atoms with Crippen LogP contribution in [0, 0.1) is 0 Å². The van der Waals surface area contributed by atoms with Gasteiger partial charge in [-0.3, -0.25) is 0 Å². The van der Waals surface area contributed by atoms with Crippen molar-refractivity contribution in [2.45, 2.75) is 19.4 Å². The van der Waals surface area contributed by atoms with Crippen LogP contribution in [0.5, 0.6) is 0 Å². The lowest BCUT2D eigenvalue weighted by molar-refractivity contribution is 0.223. The standard InChI is InChI=1S/C11H10Br2OS2/c1-2-6-3-4-15-10(6)9(14)7-5-8(12)16-11(7)13/h3-5,9,14H,2H2,1H3. The van der Waals surface area contributed by atoms with Gasteiger partial charge in [0.05, 0.1) is 7.57 Å². The Bertz CT molecular complexity index is 490. The highest BCUT2D eigenvalue weighted by molar-refractivity contribution is 9.12. The van der Waals surface area contributed by atoms with Crippen LogP contribution in [0.1, 0.15) is 29.0 Å². The number of aliphatic hydroxyl groups is 1. The molecule has 0 aliphatic carbocycles. The first-order chi connectivity index (χ1) is 7.63. The van der Waals surface area contributed by atoms with E-state index in [-0.39, 0.29) is 0 Å². The molecular formula is C11H10Br2OS2. The summed E-state index contributed by atoms with van der Waals surface area (Å²) in [5.41, 5.74) is 2.17. The second-order valence-corrected chi connectivity index (χ2v) is 8.04. The van der Waals surface area contributed by atoms with Crippen LogP contribution in [-0.2, 0) is 6.42 Å². The minimum atomic E-state index is -0.521. The summed E-state index contributed by atoms with van der Waals surface area (Å²) in [4.78, 5) is 1.05. The largest absolute Gasteiger partial charge is 0.383 e. The van der Waals surface area contributed by atoms with Gasteiger partial charge in [-0.05, 0) is 61.4 Å². The zero-order valence-electron chi connectivity index (χ0n) is 8.54. The Balaban J connectivity index is 2.38. The first kappa shape index (κ1) is 12.8. The van der Waals surface area contributed by atoms with E-state index in [0.29, 0.717) is 0 Å². The second kappa shape index (κ2) is 5.31. The maximum absolute atomic E-state index is 10.4. The van der Waals surface area contributed by atoms with Gasteiger partial charge in [0.15, 0.2) is 0 Å². The Labute approximate surface area is 119 Å². The Morgan fingerprint density at radius 3 is 2.75 bits per heavy atom.